The number of carbonyl (C=O) groups is 1. The fourth-order valence-electron chi connectivity index (χ4n) is 2.36. The van der Waals surface area contributed by atoms with Crippen LogP contribution in [0.3, 0.4) is 0 Å². The highest BCUT2D eigenvalue weighted by Crippen LogP contribution is 2.39. The van der Waals surface area contributed by atoms with Crippen molar-refractivity contribution < 1.29 is 17.9 Å². The van der Waals surface area contributed by atoms with Crippen LogP contribution >= 0.6 is 12.2 Å². The lowest BCUT2D eigenvalue weighted by atomic mass is 10.1. The Hall–Kier alpha value is -2.05. The molecule has 1 aliphatic rings. The third-order valence-corrected chi connectivity index (χ3v) is 6.09. The highest BCUT2D eigenvalue weighted by molar-refractivity contribution is 7.94. The maximum Gasteiger partial charge on any atom is 0.352 e. The molecule has 22 heavy (non-hydrogen) atoms. The van der Waals surface area contributed by atoms with Crippen molar-refractivity contribution in [3.63, 3.8) is 0 Å². The van der Waals surface area contributed by atoms with E-state index in [9.17, 15) is 13.2 Å². The van der Waals surface area contributed by atoms with E-state index < -0.39 is 21.1 Å². The summed E-state index contributed by atoms with van der Waals surface area (Å²) in [7, 11) is -3.82. The van der Waals surface area contributed by atoms with Gasteiger partial charge in [-0.15, -0.1) is 0 Å². The normalized spacial score (nSPS) is 17.8. The number of carbonyl (C=O) groups excluding carboxylic acids is 1. The molecule has 2 aromatic rings. The standard InChI is InChI=1S/C16H12O4S2/c1-10-6-8-11(9-7-10)22(18,19)15-12-4-2-3-5-13(12)20-16(17)14(15)21/h2-9,15H,1H3. The van der Waals surface area contributed by atoms with Crippen molar-refractivity contribution in [2.45, 2.75) is 17.1 Å². The van der Waals surface area contributed by atoms with Crippen molar-refractivity contribution in [3.8, 4) is 5.75 Å². The zero-order valence-corrected chi connectivity index (χ0v) is 13.3. The van der Waals surface area contributed by atoms with E-state index in [1.807, 2.05) is 6.92 Å². The van der Waals surface area contributed by atoms with Crippen LogP contribution in [0.1, 0.15) is 16.4 Å². The zero-order chi connectivity index (χ0) is 15.9. The van der Waals surface area contributed by atoms with Crippen LogP contribution in [0.4, 0.5) is 0 Å². The van der Waals surface area contributed by atoms with Crippen molar-refractivity contribution in [3.05, 3.63) is 59.7 Å². The molecule has 0 radical (unpaired) electrons. The summed E-state index contributed by atoms with van der Waals surface area (Å²) in [5.41, 5.74) is 1.35. The zero-order valence-electron chi connectivity index (χ0n) is 11.6. The summed E-state index contributed by atoms with van der Waals surface area (Å²) in [6, 6.07) is 13.0. The summed E-state index contributed by atoms with van der Waals surface area (Å²) in [6.07, 6.45) is 0. The number of para-hydroxylation sites is 1. The van der Waals surface area contributed by atoms with Crippen LogP contribution in [-0.2, 0) is 14.6 Å². The molecule has 1 unspecified atom stereocenters. The molecule has 1 aliphatic heterocycles. The number of thiocarbonyl (C=S) groups is 1. The lowest BCUT2D eigenvalue weighted by Gasteiger charge is -2.25. The molecule has 1 heterocycles. The monoisotopic (exact) mass is 332 g/mol. The van der Waals surface area contributed by atoms with Gasteiger partial charge in [-0.25, -0.2) is 13.2 Å². The number of ether oxygens (including phenoxy) is 1. The molecular formula is C16H12O4S2. The van der Waals surface area contributed by atoms with E-state index in [1.165, 1.54) is 12.1 Å². The summed E-state index contributed by atoms with van der Waals surface area (Å²) in [4.78, 5) is 11.8. The van der Waals surface area contributed by atoms with Crippen LogP contribution in [0.25, 0.3) is 0 Å². The first kappa shape index (κ1) is 14.9. The number of hydrogen-bond acceptors (Lipinski definition) is 5. The topological polar surface area (TPSA) is 60.4 Å². The summed E-state index contributed by atoms with van der Waals surface area (Å²) < 4.78 is 30.9. The van der Waals surface area contributed by atoms with E-state index >= 15 is 0 Å². The quantitative estimate of drug-likeness (QED) is 0.481. The van der Waals surface area contributed by atoms with Crippen molar-refractivity contribution >= 4 is 32.9 Å². The second-order valence-corrected chi connectivity index (χ2v) is 7.50. The Morgan fingerprint density at radius 3 is 2.36 bits per heavy atom. The largest absolute Gasteiger partial charge is 0.422 e. The van der Waals surface area contributed by atoms with Crippen LogP contribution in [0.2, 0.25) is 0 Å². The van der Waals surface area contributed by atoms with Gasteiger partial charge in [0.2, 0.25) is 0 Å². The molecule has 0 bridgehead atoms. The van der Waals surface area contributed by atoms with Gasteiger partial charge < -0.3 is 4.74 Å². The second-order valence-electron chi connectivity index (χ2n) is 5.03. The SMILES string of the molecule is Cc1ccc(S(=O)(=O)C2C(=S)C(=O)Oc3ccccc32)cc1. The lowest BCUT2D eigenvalue weighted by molar-refractivity contribution is -0.127. The molecule has 0 amide bonds. The Labute approximate surface area is 133 Å². The summed E-state index contributed by atoms with van der Waals surface area (Å²) >= 11 is 5.05. The number of benzene rings is 2. The van der Waals surface area contributed by atoms with Crippen LogP contribution < -0.4 is 4.74 Å². The molecular weight excluding hydrogens is 320 g/mol. The molecule has 4 nitrogen and oxygen atoms in total. The van der Waals surface area contributed by atoms with Gasteiger partial charge in [-0.2, -0.15) is 0 Å². The molecule has 0 aromatic heterocycles. The van der Waals surface area contributed by atoms with Crippen molar-refractivity contribution in [1.29, 1.82) is 0 Å². The molecule has 1 atom stereocenters. The first-order chi connectivity index (χ1) is 10.4. The van der Waals surface area contributed by atoms with Gasteiger partial charge in [0.05, 0.1) is 4.90 Å². The first-order valence-corrected chi connectivity index (χ1v) is 8.52. The Kier molecular flexibility index (Phi) is 3.58. The minimum absolute atomic E-state index is 0.134. The average molecular weight is 332 g/mol. The van der Waals surface area contributed by atoms with Gasteiger partial charge in [0.15, 0.2) is 9.84 Å². The second kappa shape index (κ2) is 5.30. The highest BCUT2D eigenvalue weighted by Gasteiger charge is 2.42. The molecule has 6 heteroatoms. The van der Waals surface area contributed by atoms with E-state index in [-0.39, 0.29) is 15.5 Å². The van der Waals surface area contributed by atoms with Gasteiger partial charge in [0.1, 0.15) is 15.9 Å². The van der Waals surface area contributed by atoms with E-state index in [1.54, 1.807) is 36.4 Å². The molecule has 0 aliphatic carbocycles. The molecule has 2 aromatic carbocycles. The van der Waals surface area contributed by atoms with Crippen LogP contribution in [0.5, 0.6) is 5.75 Å². The van der Waals surface area contributed by atoms with Gasteiger partial charge in [0, 0.05) is 5.56 Å². The summed E-state index contributed by atoms with van der Waals surface area (Å²) in [5.74, 6) is -0.545. The lowest BCUT2D eigenvalue weighted by Crippen LogP contribution is -2.34. The predicted octanol–water partition coefficient (Wildman–Crippen LogP) is 2.80. The van der Waals surface area contributed by atoms with E-state index in [2.05, 4.69) is 0 Å². The maximum absolute atomic E-state index is 12.9. The molecule has 0 spiro atoms. The number of sulfone groups is 1. The number of esters is 1. The number of fused-ring (bicyclic) bond motifs is 1. The maximum atomic E-state index is 12.9. The smallest absolute Gasteiger partial charge is 0.352 e. The number of rotatable bonds is 2. The molecule has 0 N–H and O–H groups in total. The minimum Gasteiger partial charge on any atom is -0.422 e. The average Bonchev–Trinajstić information content (AvgIpc) is 2.48. The summed E-state index contributed by atoms with van der Waals surface area (Å²) in [5, 5.41) is -1.19. The molecule has 0 saturated heterocycles. The highest BCUT2D eigenvalue weighted by atomic mass is 32.2. The van der Waals surface area contributed by atoms with Gasteiger partial charge in [0.25, 0.3) is 0 Å². The fraction of sp³-hybridized carbons (Fsp3) is 0.125. The first-order valence-electron chi connectivity index (χ1n) is 6.57. The van der Waals surface area contributed by atoms with E-state index in [4.69, 9.17) is 17.0 Å². The third kappa shape index (κ3) is 2.34. The van der Waals surface area contributed by atoms with Crippen molar-refractivity contribution in [2.24, 2.45) is 0 Å². The molecule has 3 rings (SSSR count). The van der Waals surface area contributed by atoms with E-state index in [0.29, 0.717) is 5.56 Å². The Bertz CT molecular complexity index is 867. The Morgan fingerprint density at radius 2 is 1.68 bits per heavy atom. The van der Waals surface area contributed by atoms with Crippen molar-refractivity contribution in [2.75, 3.05) is 0 Å². The van der Waals surface area contributed by atoms with Crippen LogP contribution in [-0.4, -0.2) is 19.3 Å². The Morgan fingerprint density at radius 1 is 1.05 bits per heavy atom. The fourth-order valence-corrected chi connectivity index (χ4v) is 4.60. The van der Waals surface area contributed by atoms with Crippen molar-refractivity contribution in [1.82, 2.24) is 0 Å². The van der Waals surface area contributed by atoms with E-state index in [0.717, 1.165) is 5.56 Å². The minimum atomic E-state index is -3.82. The van der Waals surface area contributed by atoms with Gasteiger partial charge in [-0.3, -0.25) is 0 Å². The van der Waals surface area contributed by atoms with Crippen LogP contribution in [0, 0.1) is 6.92 Å². The molecule has 0 saturated carbocycles. The number of aryl methyl sites for hydroxylation is 1. The Balaban J connectivity index is 2.19. The third-order valence-electron chi connectivity index (χ3n) is 3.50. The summed E-state index contributed by atoms with van der Waals surface area (Å²) in [6.45, 7) is 1.87. The number of hydrogen-bond donors (Lipinski definition) is 0. The molecule has 112 valence electrons. The van der Waals surface area contributed by atoms with Gasteiger partial charge in [-0.05, 0) is 25.1 Å². The van der Waals surface area contributed by atoms with Gasteiger partial charge >= 0.3 is 5.97 Å². The van der Waals surface area contributed by atoms with Crippen LogP contribution in [0.15, 0.2) is 53.4 Å². The van der Waals surface area contributed by atoms with Gasteiger partial charge in [-0.1, -0.05) is 48.1 Å². The predicted molar refractivity (Wildman–Crippen MR) is 85.8 cm³/mol. The molecule has 0 fully saturated rings.